The van der Waals surface area contributed by atoms with E-state index < -0.39 is 0 Å². The van der Waals surface area contributed by atoms with Crippen LogP contribution in [0.25, 0.3) is 0 Å². The van der Waals surface area contributed by atoms with E-state index in [9.17, 15) is 0 Å². The molecule has 0 bridgehead atoms. The van der Waals surface area contributed by atoms with E-state index in [0.29, 0.717) is 5.88 Å². The first-order valence-electron chi connectivity index (χ1n) is 4.65. The van der Waals surface area contributed by atoms with Crippen LogP contribution in [-0.2, 0) is 13.0 Å². The van der Waals surface area contributed by atoms with Gasteiger partial charge in [0.2, 0.25) is 0 Å². The van der Waals surface area contributed by atoms with Gasteiger partial charge in [0.15, 0.2) is 0 Å². The van der Waals surface area contributed by atoms with Crippen molar-refractivity contribution in [3.63, 3.8) is 0 Å². The molecule has 0 saturated carbocycles. The topological polar surface area (TPSA) is 17.8 Å². The molecule has 0 aliphatic rings. The average molecular weight is 201 g/mol. The standard InChI is InChI=1S/C10H17ClN2/c1-4-13-7-9(6-12-13)5-10(2,3)8-11/h6-7H,4-5,8H2,1-3H3. The van der Waals surface area contributed by atoms with Crippen LogP contribution in [0.5, 0.6) is 0 Å². The van der Waals surface area contributed by atoms with Crippen molar-refractivity contribution >= 4 is 11.6 Å². The Morgan fingerprint density at radius 1 is 1.54 bits per heavy atom. The number of halogens is 1. The van der Waals surface area contributed by atoms with Gasteiger partial charge in [-0.3, -0.25) is 4.68 Å². The van der Waals surface area contributed by atoms with Crippen molar-refractivity contribution in [2.24, 2.45) is 5.41 Å². The fraction of sp³-hybridized carbons (Fsp3) is 0.700. The van der Waals surface area contributed by atoms with Crippen molar-refractivity contribution in [3.05, 3.63) is 18.0 Å². The van der Waals surface area contributed by atoms with Crippen LogP contribution in [-0.4, -0.2) is 15.7 Å². The van der Waals surface area contributed by atoms with Crippen molar-refractivity contribution in [3.8, 4) is 0 Å². The normalized spacial score (nSPS) is 12.0. The van der Waals surface area contributed by atoms with Crippen LogP contribution in [0.2, 0.25) is 0 Å². The monoisotopic (exact) mass is 200 g/mol. The van der Waals surface area contributed by atoms with Gasteiger partial charge in [-0.2, -0.15) is 5.10 Å². The summed E-state index contributed by atoms with van der Waals surface area (Å²) in [6.07, 6.45) is 5.02. The lowest BCUT2D eigenvalue weighted by Crippen LogP contribution is -2.16. The average Bonchev–Trinajstić information content (AvgIpc) is 2.52. The highest BCUT2D eigenvalue weighted by Crippen LogP contribution is 2.22. The molecule has 3 heteroatoms. The third-order valence-corrected chi connectivity index (χ3v) is 2.78. The summed E-state index contributed by atoms with van der Waals surface area (Å²) in [5, 5.41) is 4.23. The maximum absolute atomic E-state index is 5.86. The van der Waals surface area contributed by atoms with E-state index in [1.807, 2.05) is 10.9 Å². The van der Waals surface area contributed by atoms with Crippen LogP contribution in [0.1, 0.15) is 26.3 Å². The van der Waals surface area contributed by atoms with Gasteiger partial charge in [-0.25, -0.2) is 0 Å². The third kappa shape index (κ3) is 3.03. The summed E-state index contributed by atoms with van der Waals surface area (Å²) < 4.78 is 1.94. The second-order valence-electron chi connectivity index (χ2n) is 4.18. The van der Waals surface area contributed by atoms with Gasteiger partial charge in [-0.05, 0) is 24.3 Å². The minimum Gasteiger partial charge on any atom is -0.273 e. The number of aromatic nitrogens is 2. The lowest BCUT2D eigenvalue weighted by molar-refractivity contribution is 0.418. The Kier molecular flexibility index (Phi) is 3.37. The van der Waals surface area contributed by atoms with E-state index >= 15 is 0 Å². The van der Waals surface area contributed by atoms with Gasteiger partial charge in [0.1, 0.15) is 0 Å². The molecule has 1 aromatic heterocycles. The molecule has 0 unspecified atom stereocenters. The zero-order valence-corrected chi connectivity index (χ0v) is 9.30. The molecule has 1 heterocycles. The first-order valence-corrected chi connectivity index (χ1v) is 5.18. The molecular weight excluding hydrogens is 184 g/mol. The summed E-state index contributed by atoms with van der Waals surface area (Å²) in [5.74, 6) is 0.685. The van der Waals surface area contributed by atoms with Crippen molar-refractivity contribution < 1.29 is 0 Å². The summed E-state index contributed by atoms with van der Waals surface area (Å²) in [6.45, 7) is 7.36. The SMILES string of the molecule is CCn1cc(CC(C)(C)CCl)cn1. The maximum atomic E-state index is 5.86. The zero-order valence-electron chi connectivity index (χ0n) is 8.55. The van der Waals surface area contributed by atoms with E-state index in [1.54, 1.807) is 0 Å². The number of rotatable bonds is 4. The summed E-state index contributed by atoms with van der Waals surface area (Å²) >= 11 is 5.86. The van der Waals surface area contributed by atoms with Gasteiger partial charge in [-0.1, -0.05) is 13.8 Å². The smallest absolute Gasteiger partial charge is 0.0521 e. The first-order chi connectivity index (χ1) is 6.07. The predicted molar refractivity (Wildman–Crippen MR) is 56.1 cm³/mol. The molecule has 1 rings (SSSR count). The molecule has 0 aromatic carbocycles. The van der Waals surface area contributed by atoms with E-state index in [2.05, 4.69) is 32.1 Å². The minimum atomic E-state index is 0.170. The van der Waals surface area contributed by atoms with Crippen LogP contribution in [0.15, 0.2) is 12.4 Å². The highest BCUT2D eigenvalue weighted by Gasteiger charge is 2.17. The molecule has 0 spiro atoms. The van der Waals surface area contributed by atoms with Gasteiger partial charge in [0, 0.05) is 18.6 Å². The van der Waals surface area contributed by atoms with Crippen LogP contribution in [0.4, 0.5) is 0 Å². The number of aryl methyl sites for hydroxylation is 1. The molecular formula is C10H17ClN2. The summed E-state index contributed by atoms with van der Waals surface area (Å²) in [5.41, 5.74) is 1.44. The van der Waals surface area contributed by atoms with Gasteiger partial charge in [-0.15, -0.1) is 11.6 Å². The number of hydrogen-bond donors (Lipinski definition) is 0. The molecule has 0 aliphatic carbocycles. The third-order valence-electron chi connectivity index (χ3n) is 2.06. The number of hydrogen-bond acceptors (Lipinski definition) is 1. The fourth-order valence-corrected chi connectivity index (χ4v) is 1.36. The van der Waals surface area contributed by atoms with E-state index in [0.717, 1.165) is 13.0 Å². The van der Waals surface area contributed by atoms with Crippen LogP contribution >= 0.6 is 11.6 Å². The quantitative estimate of drug-likeness (QED) is 0.684. The van der Waals surface area contributed by atoms with E-state index in [4.69, 9.17) is 11.6 Å². The molecule has 74 valence electrons. The van der Waals surface area contributed by atoms with E-state index in [-0.39, 0.29) is 5.41 Å². The molecule has 2 nitrogen and oxygen atoms in total. The maximum Gasteiger partial charge on any atom is 0.0521 e. The second kappa shape index (κ2) is 4.14. The van der Waals surface area contributed by atoms with E-state index in [1.165, 1.54) is 5.56 Å². The molecule has 0 amide bonds. The molecule has 0 radical (unpaired) electrons. The predicted octanol–water partition coefficient (Wildman–Crippen LogP) is 2.71. The number of nitrogens with zero attached hydrogens (tertiary/aromatic N) is 2. The lowest BCUT2D eigenvalue weighted by atomic mass is 9.89. The Bertz CT molecular complexity index is 266. The van der Waals surface area contributed by atoms with Crippen molar-refractivity contribution in [1.29, 1.82) is 0 Å². The van der Waals surface area contributed by atoms with Crippen LogP contribution < -0.4 is 0 Å². The molecule has 0 aliphatic heterocycles. The van der Waals surface area contributed by atoms with Crippen molar-refractivity contribution in [2.75, 3.05) is 5.88 Å². The van der Waals surface area contributed by atoms with Crippen molar-refractivity contribution in [2.45, 2.75) is 33.7 Å². The fourth-order valence-electron chi connectivity index (χ4n) is 1.27. The second-order valence-corrected chi connectivity index (χ2v) is 4.45. The zero-order chi connectivity index (χ0) is 9.90. The van der Waals surface area contributed by atoms with Gasteiger partial charge in [0.05, 0.1) is 6.20 Å². The highest BCUT2D eigenvalue weighted by molar-refractivity contribution is 6.18. The minimum absolute atomic E-state index is 0.170. The summed E-state index contributed by atoms with van der Waals surface area (Å²) in [4.78, 5) is 0. The molecule has 13 heavy (non-hydrogen) atoms. The molecule has 0 N–H and O–H groups in total. The van der Waals surface area contributed by atoms with Crippen LogP contribution in [0.3, 0.4) is 0 Å². The Hall–Kier alpha value is -0.500. The van der Waals surface area contributed by atoms with Crippen molar-refractivity contribution in [1.82, 2.24) is 9.78 Å². The Morgan fingerprint density at radius 2 is 2.23 bits per heavy atom. The largest absolute Gasteiger partial charge is 0.273 e. The lowest BCUT2D eigenvalue weighted by Gasteiger charge is -2.19. The highest BCUT2D eigenvalue weighted by atomic mass is 35.5. The first kappa shape index (κ1) is 10.6. The Balaban J connectivity index is 2.63. The molecule has 0 fully saturated rings. The molecule has 0 saturated heterocycles. The molecule has 1 aromatic rings. The van der Waals surface area contributed by atoms with Gasteiger partial charge in [0.25, 0.3) is 0 Å². The number of alkyl halides is 1. The summed E-state index contributed by atoms with van der Waals surface area (Å²) in [7, 11) is 0. The van der Waals surface area contributed by atoms with Gasteiger partial charge >= 0.3 is 0 Å². The van der Waals surface area contributed by atoms with Gasteiger partial charge < -0.3 is 0 Å². The Morgan fingerprint density at radius 3 is 2.69 bits per heavy atom. The van der Waals surface area contributed by atoms with Crippen LogP contribution in [0, 0.1) is 5.41 Å². The summed E-state index contributed by atoms with van der Waals surface area (Å²) in [6, 6.07) is 0. The molecule has 0 atom stereocenters. The Labute approximate surface area is 84.9 Å².